The Morgan fingerprint density at radius 2 is 1.86 bits per heavy atom. The summed E-state index contributed by atoms with van der Waals surface area (Å²) in [5, 5.41) is 0. The Kier molecular flexibility index (Phi) is 4.58. The molecule has 28 heavy (non-hydrogen) atoms. The zero-order chi connectivity index (χ0) is 19.8. The van der Waals surface area contributed by atoms with Crippen LogP contribution in [0.3, 0.4) is 0 Å². The van der Waals surface area contributed by atoms with Gasteiger partial charge in [-0.2, -0.15) is 0 Å². The predicted molar refractivity (Wildman–Crippen MR) is 101 cm³/mol. The van der Waals surface area contributed by atoms with Gasteiger partial charge < -0.3 is 23.2 Å². The third-order valence-corrected chi connectivity index (χ3v) is 4.83. The van der Waals surface area contributed by atoms with Gasteiger partial charge in [-0.05, 0) is 45.9 Å². The lowest BCUT2D eigenvalue weighted by Gasteiger charge is -2.20. The molecule has 0 fully saturated rings. The van der Waals surface area contributed by atoms with Crippen LogP contribution in [0.2, 0.25) is 0 Å². The van der Waals surface area contributed by atoms with Crippen molar-refractivity contribution >= 4 is 5.97 Å². The molecule has 1 aliphatic heterocycles. The number of oxazole rings is 1. The molecule has 0 atom stereocenters. The lowest BCUT2D eigenvalue weighted by molar-refractivity contribution is 0.0436. The topological polar surface area (TPSA) is 75.7 Å². The number of hydrogen-bond donors (Lipinski definition) is 0. The van der Waals surface area contributed by atoms with Crippen LogP contribution >= 0.6 is 0 Å². The van der Waals surface area contributed by atoms with Crippen LogP contribution in [0.15, 0.2) is 28.7 Å². The highest BCUT2D eigenvalue weighted by Crippen LogP contribution is 2.33. The van der Waals surface area contributed by atoms with Crippen LogP contribution in [0.4, 0.5) is 0 Å². The zero-order valence-corrected chi connectivity index (χ0v) is 16.4. The molecule has 3 heterocycles. The molecule has 7 heteroatoms. The molecule has 1 aliphatic rings. The molecule has 0 aliphatic carbocycles. The minimum atomic E-state index is -0.412. The van der Waals surface area contributed by atoms with Crippen molar-refractivity contribution in [3.63, 3.8) is 0 Å². The zero-order valence-electron chi connectivity index (χ0n) is 16.4. The number of aryl methyl sites for hydroxylation is 3. The fourth-order valence-corrected chi connectivity index (χ4v) is 3.34. The van der Waals surface area contributed by atoms with E-state index in [1.807, 2.05) is 56.5 Å². The van der Waals surface area contributed by atoms with Gasteiger partial charge in [0.25, 0.3) is 0 Å². The molecule has 2 aromatic heterocycles. The number of carbonyl (C=O) groups excluding carboxylic acids is 1. The lowest BCUT2D eigenvalue weighted by Crippen LogP contribution is -2.15. The third-order valence-electron chi connectivity index (χ3n) is 4.83. The van der Waals surface area contributed by atoms with Gasteiger partial charge in [-0.25, -0.2) is 9.78 Å². The second-order valence-electron chi connectivity index (χ2n) is 6.77. The van der Waals surface area contributed by atoms with E-state index in [0.29, 0.717) is 30.4 Å². The smallest absolute Gasteiger partial charge is 0.340 e. The second-order valence-corrected chi connectivity index (χ2v) is 6.77. The van der Waals surface area contributed by atoms with Crippen LogP contribution in [-0.4, -0.2) is 28.7 Å². The maximum Gasteiger partial charge on any atom is 0.340 e. The highest BCUT2D eigenvalue weighted by atomic mass is 16.6. The summed E-state index contributed by atoms with van der Waals surface area (Å²) < 4.78 is 24.1. The van der Waals surface area contributed by atoms with Gasteiger partial charge >= 0.3 is 5.97 Å². The third kappa shape index (κ3) is 3.24. The van der Waals surface area contributed by atoms with E-state index in [9.17, 15) is 4.79 Å². The first-order valence-electron chi connectivity index (χ1n) is 9.13. The molecule has 0 amide bonds. The molecular formula is C21H22N2O5. The van der Waals surface area contributed by atoms with Crippen molar-refractivity contribution in [3.8, 4) is 17.2 Å². The van der Waals surface area contributed by atoms with Crippen molar-refractivity contribution < 1.29 is 23.4 Å². The first-order chi connectivity index (χ1) is 13.4. The van der Waals surface area contributed by atoms with Gasteiger partial charge in [0.15, 0.2) is 18.1 Å². The van der Waals surface area contributed by atoms with Crippen LogP contribution in [0.5, 0.6) is 11.5 Å². The Hall–Kier alpha value is -3.22. The molecule has 3 aromatic rings. The standard InChI is InChI=1S/C21H22N2O5/c1-12-9-17(21(24)27-11-20-22-13(2)15(4)28-20)14(3)23(12)16-5-6-18-19(10-16)26-8-7-25-18/h5-6,9-10H,7-8,11H2,1-4H3. The van der Waals surface area contributed by atoms with E-state index in [4.69, 9.17) is 18.6 Å². The van der Waals surface area contributed by atoms with Crippen LogP contribution in [-0.2, 0) is 11.3 Å². The quantitative estimate of drug-likeness (QED) is 0.639. The minimum Gasteiger partial charge on any atom is -0.486 e. The summed E-state index contributed by atoms with van der Waals surface area (Å²) in [5.41, 5.74) is 3.91. The summed E-state index contributed by atoms with van der Waals surface area (Å²) >= 11 is 0. The molecule has 0 radical (unpaired) electrons. The van der Waals surface area contributed by atoms with E-state index in [0.717, 1.165) is 34.3 Å². The van der Waals surface area contributed by atoms with Crippen molar-refractivity contribution in [2.24, 2.45) is 0 Å². The van der Waals surface area contributed by atoms with Gasteiger partial charge in [-0.1, -0.05) is 0 Å². The summed E-state index contributed by atoms with van der Waals surface area (Å²) in [6.45, 7) is 8.59. The monoisotopic (exact) mass is 382 g/mol. The van der Waals surface area contributed by atoms with Gasteiger partial charge in [-0.15, -0.1) is 0 Å². The van der Waals surface area contributed by atoms with Gasteiger partial charge in [-0.3, -0.25) is 0 Å². The highest BCUT2D eigenvalue weighted by Gasteiger charge is 2.20. The number of aromatic nitrogens is 2. The molecule has 1 aromatic carbocycles. The maximum atomic E-state index is 12.6. The Balaban J connectivity index is 1.57. The van der Waals surface area contributed by atoms with Crippen molar-refractivity contribution in [3.05, 3.63) is 58.6 Å². The fourth-order valence-electron chi connectivity index (χ4n) is 3.34. The number of hydrogen-bond acceptors (Lipinski definition) is 6. The minimum absolute atomic E-state index is 0.00120. The van der Waals surface area contributed by atoms with Crippen LogP contribution < -0.4 is 9.47 Å². The summed E-state index contributed by atoms with van der Waals surface area (Å²) in [5.74, 6) is 2.14. The number of nitrogens with zero attached hydrogens (tertiary/aromatic N) is 2. The SMILES string of the molecule is Cc1nc(COC(=O)c2cc(C)n(-c3ccc4c(c3)OCCO4)c2C)oc1C. The van der Waals surface area contributed by atoms with Gasteiger partial charge in [0.1, 0.15) is 19.0 Å². The van der Waals surface area contributed by atoms with Crippen LogP contribution in [0.1, 0.15) is 39.1 Å². The van der Waals surface area contributed by atoms with Crippen LogP contribution in [0, 0.1) is 27.7 Å². The molecule has 4 rings (SSSR count). The fraction of sp³-hybridized carbons (Fsp3) is 0.333. The molecule has 146 valence electrons. The maximum absolute atomic E-state index is 12.6. The van der Waals surface area contributed by atoms with Crippen molar-refractivity contribution in [1.82, 2.24) is 9.55 Å². The first-order valence-corrected chi connectivity index (χ1v) is 9.13. The van der Waals surface area contributed by atoms with Crippen molar-refractivity contribution in [1.29, 1.82) is 0 Å². The summed E-state index contributed by atoms with van der Waals surface area (Å²) in [4.78, 5) is 16.8. The normalized spacial score (nSPS) is 12.9. The van der Waals surface area contributed by atoms with E-state index in [1.54, 1.807) is 0 Å². The Labute approximate surface area is 162 Å². The van der Waals surface area contributed by atoms with Crippen LogP contribution in [0.25, 0.3) is 5.69 Å². The Bertz CT molecular complexity index is 1030. The second kappa shape index (κ2) is 7.07. The number of rotatable bonds is 4. The van der Waals surface area contributed by atoms with Gasteiger partial charge in [0, 0.05) is 23.1 Å². The summed E-state index contributed by atoms with van der Waals surface area (Å²) in [7, 11) is 0. The van der Waals surface area contributed by atoms with E-state index in [1.165, 1.54) is 0 Å². The molecule has 0 saturated carbocycles. The van der Waals surface area contributed by atoms with Gasteiger partial charge in [0.05, 0.1) is 11.3 Å². The number of esters is 1. The molecule has 0 N–H and O–H groups in total. The van der Waals surface area contributed by atoms with E-state index >= 15 is 0 Å². The number of fused-ring (bicyclic) bond motifs is 1. The molecule has 7 nitrogen and oxygen atoms in total. The molecule has 0 unspecified atom stereocenters. The van der Waals surface area contributed by atoms with E-state index < -0.39 is 5.97 Å². The average molecular weight is 382 g/mol. The highest BCUT2D eigenvalue weighted by molar-refractivity contribution is 5.91. The average Bonchev–Trinajstić information content (AvgIpc) is 3.17. The number of carbonyl (C=O) groups is 1. The van der Waals surface area contributed by atoms with E-state index in [-0.39, 0.29) is 6.61 Å². The summed E-state index contributed by atoms with van der Waals surface area (Å²) in [6.07, 6.45) is 0. The predicted octanol–water partition coefficient (Wildman–Crippen LogP) is 3.83. The van der Waals surface area contributed by atoms with Crippen molar-refractivity contribution in [2.75, 3.05) is 13.2 Å². The largest absolute Gasteiger partial charge is 0.486 e. The Morgan fingerprint density at radius 3 is 2.57 bits per heavy atom. The Morgan fingerprint density at radius 1 is 1.11 bits per heavy atom. The number of benzene rings is 1. The molecular weight excluding hydrogens is 360 g/mol. The van der Waals surface area contributed by atoms with Gasteiger partial charge in [0.2, 0.25) is 5.89 Å². The van der Waals surface area contributed by atoms with E-state index in [2.05, 4.69) is 4.98 Å². The first kappa shape index (κ1) is 18.2. The molecule has 0 bridgehead atoms. The number of ether oxygens (including phenoxy) is 3. The molecule has 0 spiro atoms. The lowest BCUT2D eigenvalue weighted by atomic mass is 10.2. The molecule has 0 saturated heterocycles. The van der Waals surface area contributed by atoms with Crippen molar-refractivity contribution in [2.45, 2.75) is 34.3 Å². The summed E-state index contributed by atoms with van der Waals surface area (Å²) in [6, 6.07) is 7.57.